The molecule has 35 heavy (non-hydrogen) atoms. The number of halogens is 3. The molecule has 0 saturated carbocycles. The molecule has 4 aromatic rings. The third kappa shape index (κ3) is 5.85. The summed E-state index contributed by atoms with van der Waals surface area (Å²) >= 11 is 0. The summed E-state index contributed by atoms with van der Waals surface area (Å²) in [7, 11) is 1.51. The van der Waals surface area contributed by atoms with Crippen LogP contribution in [0.1, 0.15) is 20.8 Å². The number of nitrogens with zero attached hydrogens (tertiary/aromatic N) is 1. The van der Waals surface area contributed by atoms with Gasteiger partial charge in [0.2, 0.25) is 0 Å². The lowest BCUT2D eigenvalue weighted by Crippen LogP contribution is -2.18. The molecule has 0 aliphatic rings. The molecule has 2 N–H and O–H groups in total. The molecule has 10 heteroatoms. The van der Waals surface area contributed by atoms with Gasteiger partial charge in [0, 0.05) is 35.9 Å². The molecule has 0 aliphatic heterocycles. The van der Waals surface area contributed by atoms with E-state index in [0.29, 0.717) is 17.2 Å². The molecule has 0 saturated heterocycles. The number of hydrogen-bond donors (Lipinski definition) is 2. The highest BCUT2D eigenvalue weighted by Crippen LogP contribution is 2.30. The molecule has 7 nitrogen and oxygen atoms in total. The average molecular weight is 481 g/mol. The summed E-state index contributed by atoms with van der Waals surface area (Å²) in [6.45, 7) is 0. The number of anilines is 1. The van der Waals surface area contributed by atoms with Gasteiger partial charge >= 0.3 is 6.36 Å². The molecule has 2 amide bonds. The summed E-state index contributed by atoms with van der Waals surface area (Å²) < 4.78 is 46.6. The van der Waals surface area contributed by atoms with Gasteiger partial charge in [0.05, 0.1) is 0 Å². The van der Waals surface area contributed by atoms with Crippen molar-refractivity contribution < 1.29 is 32.2 Å². The van der Waals surface area contributed by atoms with Crippen LogP contribution in [0.15, 0.2) is 79.0 Å². The zero-order valence-electron chi connectivity index (χ0n) is 18.2. The van der Waals surface area contributed by atoms with Gasteiger partial charge in [-0.1, -0.05) is 12.1 Å². The number of nitrogens with one attached hydrogen (secondary N) is 2. The number of fused-ring (bicyclic) bond motifs is 1. The van der Waals surface area contributed by atoms with E-state index in [0.717, 1.165) is 22.9 Å². The Labute approximate surface area is 197 Å². The Morgan fingerprint density at radius 2 is 1.57 bits per heavy atom. The minimum Gasteiger partial charge on any atom is -0.457 e. The van der Waals surface area contributed by atoms with E-state index in [4.69, 9.17) is 4.74 Å². The van der Waals surface area contributed by atoms with E-state index >= 15 is 0 Å². The smallest absolute Gasteiger partial charge is 0.457 e. The molecule has 1 aromatic heterocycles. The summed E-state index contributed by atoms with van der Waals surface area (Å²) in [6, 6.07) is 18.3. The molecule has 0 radical (unpaired) electrons. The van der Waals surface area contributed by atoms with Crippen LogP contribution >= 0.6 is 0 Å². The van der Waals surface area contributed by atoms with Crippen LogP contribution < -0.4 is 20.1 Å². The normalized spacial score (nSPS) is 11.1. The highest BCUT2D eigenvalue weighted by Gasteiger charge is 2.31. The van der Waals surface area contributed by atoms with E-state index in [-0.39, 0.29) is 17.2 Å². The maximum absolute atomic E-state index is 12.6. The highest BCUT2D eigenvalue weighted by molar-refractivity contribution is 6.09. The fourth-order valence-corrected chi connectivity index (χ4v) is 3.30. The molecular formula is C25H18F3N3O4. The van der Waals surface area contributed by atoms with E-state index in [1.54, 1.807) is 36.4 Å². The second-order valence-electron chi connectivity index (χ2n) is 7.27. The molecular weight excluding hydrogens is 463 g/mol. The van der Waals surface area contributed by atoms with Crippen LogP contribution in [0.5, 0.6) is 17.2 Å². The van der Waals surface area contributed by atoms with Gasteiger partial charge in [0.15, 0.2) is 0 Å². The number of alkyl halides is 3. The van der Waals surface area contributed by atoms with Crippen LogP contribution in [0.25, 0.3) is 10.8 Å². The van der Waals surface area contributed by atoms with Crippen molar-refractivity contribution in [2.45, 2.75) is 6.36 Å². The molecule has 1 heterocycles. The number of aromatic nitrogens is 1. The van der Waals surface area contributed by atoms with Gasteiger partial charge in [0.1, 0.15) is 22.9 Å². The van der Waals surface area contributed by atoms with E-state index in [1.807, 2.05) is 6.07 Å². The van der Waals surface area contributed by atoms with E-state index in [1.165, 1.54) is 31.4 Å². The first kappa shape index (κ1) is 23.6. The topological polar surface area (TPSA) is 89.6 Å². The zero-order chi connectivity index (χ0) is 25.0. The van der Waals surface area contributed by atoms with Crippen molar-refractivity contribution in [1.29, 1.82) is 0 Å². The number of amides is 2. The summed E-state index contributed by atoms with van der Waals surface area (Å²) in [5, 5.41) is 6.77. The van der Waals surface area contributed by atoms with Crippen LogP contribution in [-0.4, -0.2) is 30.2 Å². The second-order valence-corrected chi connectivity index (χ2v) is 7.27. The number of carbonyl (C=O) groups excluding carboxylic acids is 2. The van der Waals surface area contributed by atoms with Crippen LogP contribution in [0.3, 0.4) is 0 Å². The van der Waals surface area contributed by atoms with Crippen molar-refractivity contribution in [1.82, 2.24) is 10.3 Å². The first-order valence-corrected chi connectivity index (χ1v) is 10.3. The maximum atomic E-state index is 12.6. The average Bonchev–Trinajstić information content (AvgIpc) is 2.83. The number of pyridine rings is 1. The molecule has 0 atom stereocenters. The lowest BCUT2D eigenvalue weighted by molar-refractivity contribution is -0.274. The Morgan fingerprint density at radius 3 is 2.29 bits per heavy atom. The summed E-state index contributed by atoms with van der Waals surface area (Å²) in [5.74, 6) is -0.300. The number of carbonyl (C=O) groups is 2. The maximum Gasteiger partial charge on any atom is 0.573 e. The van der Waals surface area contributed by atoms with Crippen molar-refractivity contribution in [2.75, 3.05) is 12.4 Å². The van der Waals surface area contributed by atoms with Crippen LogP contribution in [0.2, 0.25) is 0 Å². The van der Waals surface area contributed by atoms with Crippen molar-refractivity contribution in [3.05, 3.63) is 90.3 Å². The fourth-order valence-electron chi connectivity index (χ4n) is 3.30. The number of benzene rings is 3. The monoisotopic (exact) mass is 481 g/mol. The lowest BCUT2D eigenvalue weighted by atomic mass is 10.1. The molecule has 178 valence electrons. The standard InChI is InChI=1S/C25H18F3N3O4/c1-29-24(33)22-14-19(11-12-30-22)34-18-9-10-20-16(13-18)3-2-4-21(20)31-23(32)15-5-7-17(8-6-15)35-25(26,27)28/h2-14H,1H3,(H,29,33)(H,31,32). The van der Waals surface area contributed by atoms with Gasteiger partial charge in [0.25, 0.3) is 11.8 Å². The Balaban J connectivity index is 1.51. The van der Waals surface area contributed by atoms with Crippen molar-refractivity contribution in [3.8, 4) is 17.2 Å². The number of hydrogen-bond acceptors (Lipinski definition) is 5. The summed E-state index contributed by atoms with van der Waals surface area (Å²) in [4.78, 5) is 28.4. The predicted octanol–water partition coefficient (Wildman–Crippen LogP) is 5.54. The Kier molecular flexibility index (Phi) is 6.54. The summed E-state index contributed by atoms with van der Waals surface area (Å²) in [6.07, 6.45) is -3.34. The van der Waals surface area contributed by atoms with E-state index < -0.39 is 18.0 Å². The van der Waals surface area contributed by atoms with Crippen LogP contribution in [-0.2, 0) is 0 Å². The molecule has 3 aromatic carbocycles. The minimum absolute atomic E-state index is 0.168. The second kappa shape index (κ2) is 9.72. The van der Waals surface area contributed by atoms with Crippen molar-refractivity contribution >= 4 is 28.3 Å². The zero-order valence-corrected chi connectivity index (χ0v) is 18.2. The third-order valence-corrected chi connectivity index (χ3v) is 4.88. The fraction of sp³-hybridized carbons (Fsp3) is 0.0800. The first-order valence-electron chi connectivity index (χ1n) is 10.3. The van der Waals surface area contributed by atoms with Crippen molar-refractivity contribution in [3.63, 3.8) is 0 Å². The largest absolute Gasteiger partial charge is 0.573 e. The van der Waals surface area contributed by atoms with E-state index in [2.05, 4.69) is 20.4 Å². The number of ether oxygens (including phenoxy) is 2. The lowest BCUT2D eigenvalue weighted by Gasteiger charge is -2.12. The SMILES string of the molecule is CNC(=O)c1cc(Oc2ccc3c(NC(=O)c4ccc(OC(F)(F)F)cc4)cccc3c2)ccn1. The van der Waals surface area contributed by atoms with E-state index in [9.17, 15) is 22.8 Å². The number of rotatable bonds is 6. The van der Waals surface area contributed by atoms with Crippen molar-refractivity contribution in [2.24, 2.45) is 0 Å². The van der Waals surface area contributed by atoms with Gasteiger partial charge in [-0.05, 0) is 60.0 Å². The van der Waals surface area contributed by atoms with Gasteiger partial charge < -0.3 is 20.1 Å². The van der Waals surface area contributed by atoms with Gasteiger partial charge in [-0.3, -0.25) is 14.6 Å². The Morgan fingerprint density at radius 1 is 0.857 bits per heavy atom. The molecule has 0 unspecified atom stereocenters. The predicted molar refractivity (Wildman–Crippen MR) is 123 cm³/mol. The molecule has 0 spiro atoms. The quantitative estimate of drug-likeness (QED) is 0.378. The molecule has 0 fully saturated rings. The van der Waals surface area contributed by atoms with Crippen LogP contribution in [0, 0.1) is 0 Å². The molecule has 4 rings (SSSR count). The first-order chi connectivity index (χ1) is 16.7. The van der Waals surface area contributed by atoms with Gasteiger partial charge in [-0.15, -0.1) is 13.2 Å². The third-order valence-electron chi connectivity index (χ3n) is 4.88. The van der Waals surface area contributed by atoms with Gasteiger partial charge in [-0.25, -0.2) is 0 Å². The minimum atomic E-state index is -4.81. The summed E-state index contributed by atoms with van der Waals surface area (Å²) in [5.41, 5.74) is 0.898. The molecule has 0 bridgehead atoms. The van der Waals surface area contributed by atoms with Gasteiger partial charge in [-0.2, -0.15) is 0 Å². The molecule has 0 aliphatic carbocycles. The Hall–Kier alpha value is -4.60. The van der Waals surface area contributed by atoms with Crippen LogP contribution in [0.4, 0.5) is 18.9 Å². The highest BCUT2D eigenvalue weighted by atomic mass is 19.4. The Bertz CT molecular complexity index is 1390.